The monoisotopic (exact) mass is 344 g/mol. The van der Waals surface area contributed by atoms with Crippen molar-refractivity contribution in [3.8, 4) is 11.5 Å². The Morgan fingerprint density at radius 1 is 1.05 bits per heavy atom. The average Bonchev–Trinajstić information content (AvgIpc) is 2.44. The van der Waals surface area contributed by atoms with Crippen LogP contribution in [0.25, 0.3) is 0 Å². The number of esters is 1. The molecular formula is C15H11Cl3O3. The molecule has 21 heavy (non-hydrogen) atoms. The average molecular weight is 346 g/mol. The molecule has 2 rings (SSSR count). The van der Waals surface area contributed by atoms with Crippen LogP contribution < -0.4 is 9.47 Å². The Morgan fingerprint density at radius 3 is 2.48 bits per heavy atom. The van der Waals surface area contributed by atoms with Gasteiger partial charge in [-0.15, -0.1) is 0 Å². The summed E-state index contributed by atoms with van der Waals surface area (Å²) in [5.41, 5.74) is 0.820. The van der Waals surface area contributed by atoms with Crippen LogP contribution in [0.3, 0.4) is 0 Å². The zero-order chi connectivity index (χ0) is 15.4. The van der Waals surface area contributed by atoms with E-state index in [0.29, 0.717) is 26.6 Å². The minimum atomic E-state index is -0.548. The molecule has 2 aromatic rings. The number of hydrogen-bond donors (Lipinski definition) is 0. The number of carbonyl (C=O) groups excluding carboxylic acids is 1. The number of rotatable bonds is 4. The molecule has 3 nitrogen and oxygen atoms in total. The zero-order valence-electron chi connectivity index (χ0n) is 11.0. The van der Waals surface area contributed by atoms with Crippen LogP contribution in [0.4, 0.5) is 0 Å². The second kappa shape index (κ2) is 7.03. The summed E-state index contributed by atoms with van der Waals surface area (Å²) in [6.07, 6.45) is 0. The van der Waals surface area contributed by atoms with Crippen molar-refractivity contribution in [2.75, 3.05) is 6.61 Å². The summed E-state index contributed by atoms with van der Waals surface area (Å²) in [4.78, 5) is 11.7. The Labute approximate surface area is 137 Å². The topological polar surface area (TPSA) is 35.5 Å². The third-order valence-electron chi connectivity index (χ3n) is 2.60. The number of halogens is 3. The van der Waals surface area contributed by atoms with Crippen LogP contribution in [-0.2, 0) is 4.79 Å². The summed E-state index contributed by atoms with van der Waals surface area (Å²) in [7, 11) is 0. The summed E-state index contributed by atoms with van der Waals surface area (Å²) < 4.78 is 10.4. The zero-order valence-corrected chi connectivity index (χ0v) is 13.3. The highest BCUT2D eigenvalue weighted by Gasteiger charge is 2.09. The molecule has 0 atom stereocenters. The van der Waals surface area contributed by atoms with E-state index in [1.165, 1.54) is 6.07 Å². The van der Waals surface area contributed by atoms with E-state index in [2.05, 4.69) is 0 Å². The van der Waals surface area contributed by atoms with Crippen molar-refractivity contribution in [1.82, 2.24) is 0 Å². The molecule has 0 fully saturated rings. The highest BCUT2D eigenvalue weighted by Crippen LogP contribution is 2.27. The summed E-state index contributed by atoms with van der Waals surface area (Å²) in [6.45, 7) is 1.55. The first kappa shape index (κ1) is 16.0. The summed E-state index contributed by atoms with van der Waals surface area (Å²) in [5, 5.41) is 1.45. The number of ether oxygens (including phenoxy) is 2. The van der Waals surface area contributed by atoms with Gasteiger partial charge >= 0.3 is 5.97 Å². The minimum absolute atomic E-state index is 0.276. The van der Waals surface area contributed by atoms with Gasteiger partial charge in [-0.05, 0) is 42.8 Å². The van der Waals surface area contributed by atoms with Crippen LogP contribution in [0, 0.1) is 6.92 Å². The molecule has 0 amide bonds. The Hall–Kier alpha value is -1.42. The highest BCUT2D eigenvalue weighted by molar-refractivity contribution is 6.34. The van der Waals surface area contributed by atoms with Crippen molar-refractivity contribution in [3.05, 3.63) is 57.0 Å². The molecule has 6 heteroatoms. The van der Waals surface area contributed by atoms with E-state index < -0.39 is 5.97 Å². The van der Waals surface area contributed by atoms with Gasteiger partial charge in [0.05, 0.1) is 5.02 Å². The van der Waals surface area contributed by atoms with Gasteiger partial charge in [0.15, 0.2) is 6.61 Å². The third-order valence-corrected chi connectivity index (χ3v) is 3.57. The van der Waals surface area contributed by atoms with Crippen molar-refractivity contribution < 1.29 is 14.3 Å². The van der Waals surface area contributed by atoms with Crippen molar-refractivity contribution >= 4 is 40.8 Å². The molecule has 0 N–H and O–H groups in total. The second-order valence-electron chi connectivity index (χ2n) is 4.25. The summed E-state index contributed by atoms with van der Waals surface area (Å²) >= 11 is 17.7. The van der Waals surface area contributed by atoms with Crippen LogP contribution in [0.5, 0.6) is 11.5 Å². The van der Waals surface area contributed by atoms with E-state index in [4.69, 9.17) is 44.3 Å². The maximum Gasteiger partial charge on any atom is 0.349 e. The molecule has 0 aliphatic carbocycles. The van der Waals surface area contributed by atoms with Crippen LogP contribution >= 0.6 is 34.8 Å². The van der Waals surface area contributed by atoms with Gasteiger partial charge in [-0.25, -0.2) is 4.79 Å². The largest absolute Gasteiger partial charge is 0.480 e. The van der Waals surface area contributed by atoms with Crippen LogP contribution in [0.1, 0.15) is 5.56 Å². The quantitative estimate of drug-likeness (QED) is 0.581. The fourth-order valence-electron chi connectivity index (χ4n) is 1.57. The molecule has 0 saturated heterocycles. The van der Waals surface area contributed by atoms with Gasteiger partial charge in [0, 0.05) is 16.1 Å². The maximum absolute atomic E-state index is 11.7. The minimum Gasteiger partial charge on any atom is -0.480 e. The van der Waals surface area contributed by atoms with E-state index in [-0.39, 0.29) is 6.61 Å². The molecule has 0 aliphatic rings. The molecule has 0 bridgehead atoms. The normalized spacial score (nSPS) is 10.3. The van der Waals surface area contributed by atoms with E-state index in [0.717, 1.165) is 5.56 Å². The van der Waals surface area contributed by atoms with Crippen LogP contribution in [0.2, 0.25) is 15.1 Å². The van der Waals surface area contributed by atoms with Gasteiger partial charge in [0.2, 0.25) is 0 Å². The number of carbonyl (C=O) groups is 1. The van der Waals surface area contributed by atoms with Gasteiger partial charge in [0.25, 0.3) is 0 Å². The molecule has 110 valence electrons. The summed E-state index contributed by atoms with van der Waals surface area (Å²) in [6, 6.07) is 9.70. The molecule has 0 radical (unpaired) electrons. The Kier molecular flexibility index (Phi) is 5.34. The van der Waals surface area contributed by atoms with Gasteiger partial charge < -0.3 is 9.47 Å². The predicted molar refractivity (Wildman–Crippen MR) is 83.8 cm³/mol. The number of aryl methyl sites for hydroxylation is 1. The van der Waals surface area contributed by atoms with Crippen molar-refractivity contribution in [2.45, 2.75) is 6.92 Å². The molecule has 2 aromatic carbocycles. The van der Waals surface area contributed by atoms with E-state index in [1.807, 2.05) is 6.92 Å². The molecule has 0 spiro atoms. The number of hydrogen-bond acceptors (Lipinski definition) is 3. The fourth-order valence-corrected chi connectivity index (χ4v) is 2.02. The lowest BCUT2D eigenvalue weighted by Gasteiger charge is -2.09. The first-order chi connectivity index (χ1) is 9.95. The summed E-state index contributed by atoms with van der Waals surface area (Å²) in [5.74, 6) is 0.184. The molecule has 0 unspecified atom stereocenters. The van der Waals surface area contributed by atoms with E-state index >= 15 is 0 Å². The SMILES string of the molecule is Cc1cc(OC(=O)COc2cc(Cl)ccc2Cl)ccc1Cl. The molecule has 0 saturated carbocycles. The lowest BCUT2D eigenvalue weighted by Crippen LogP contribution is -2.17. The molecule has 0 heterocycles. The van der Waals surface area contributed by atoms with Gasteiger partial charge in [0.1, 0.15) is 11.5 Å². The molecule has 0 aliphatic heterocycles. The standard InChI is InChI=1S/C15H11Cl3O3/c1-9-6-11(3-5-12(9)17)21-15(19)8-20-14-7-10(16)2-4-13(14)18/h2-7H,8H2,1H3. The second-order valence-corrected chi connectivity index (χ2v) is 5.50. The fraction of sp³-hybridized carbons (Fsp3) is 0.133. The third kappa shape index (κ3) is 4.53. The van der Waals surface area contributed by atoms with Gasteiger partial charge in [-0.1, -0.05) is 34.8 Å². The predicted octanol–water partition coefficient (Wildman–Crippen LogP) is 4.94. The number of benzene rings is 2. The van der Waals surface area contributed by atoms with Gasteiger partial charge in [-0.2, -0.15) is 0 Å². The van der Waals surface area contributed by atoms with Crippen LogP contribution in [0.15, 0.2) is 36.4 Å². The lowest BCUT2D eigenvalue weighted by molar-refractivity contribution is -0.136. The first-order valence-electron chi connectivity index (χ1n) is 6.00. The first-order valence-corrected chi connectivity index (χ1v) is 7.14. The smallest absolute Gasteiger partial charge is 0.349 e. The van der Waals surface area contributed by atoms with Crippen molar-refractivity contribution in [3.63, 3.8) is 0 Å². The van der Waals surface area contributed by atoms with E-state index in [9.17, 15) is 4.79 Å². The van der Waals surface area contributed by atoms with Gasteiger partial charge in [-0.3, -0.25) is 0 Å². The molecular weight excluding hydrogens is 335 g/mol. The van der Waals surface area contributed by atoms with Crippen LogP contribution in [-0.4, -0.2) is 12.6 Å². The Morgan fingerprint density at radius 2 is 1.76 bits per heavy atom. The van der Waals surface area contributed by atoms with Crippen molar-refractivity contribution in [1.29, 1.82) is 0 Å². The van der Waals surface area contributed by atoms with E-state index in [1.54, 1.807) is 30.3 Å². The maximum atomic E-state index is 11.7. The Bertz CT molecular complexity index is 671. The Balaban J connectivity index is 1.95. The van der Waals surface area contributed by atoms with Crippen molar-refractivity contribution in [2.24, 2.45) is 0 Å². The molecule has 0 aromatic heterocycles. The lowest BCUT2D eigenvalue weighted by atomic mass is 10.2. The highest BCUT2D eigenvalue weighted by atomic mass is 35.5.